The Balaban J connectivity index is 2.36. The molecule has 0 N–H and O–H groups in total. The smallest absolute Gasteiger partial charge is 0.206 e. The van der Waals surface area contributed by atoms with Gasteiger partial charge in [0.1, 0.15) is 5.82 Å². The lowest BCUT2D eigenvalue weighted by molar-refractivity contribution is -0.589. The lowest BCUT2D eigenvalue weighted by Gasteiger charge is -1.96. The zero-order valence-electron chi connectivity index (χ0n) is 7.60. The van der Waals surface area contributed by atoms with Crippen molar-refractivity contribution in [1.82, 2.24) is 0 Å². The Morgan fingerprint density at radius 1 is 1.07 bits per heavy atom. The fraction of sp³-hybridized carbons (Fsp3) is 0. The fourth-order valence-corrected chi connectivity index (χ4v) is 5.11. The summed E-state index contributed by atoms with van der Waals surface area (Å²) in [5.74, 6) is -0.131. The highest BCUT2D eigenvalue weighted by Crippen LogP contribution is 2.28. The van der Waals surface area contributed by atoms with Crippen molar-refractivity contribution in [3.63, 3.8) is 0 Å². The molecule has 0 radical (unpaired) electrons. The molecular formula is C12H6ClFI+. The molecule has 0 spiro atoms. The Hall–Kier alpha value is -0.610. The summed E-state index contributed by atoms with van der Waals surface area (Å²) in [7, 11) is 0. The Labute approximate surface area is 102 Å². The molecule has 2 aromatic carbocycles. The SMILES string of the molecule is Fc1cccc2c1-c1cccc(Cl)c1[I+]2. The van der Waals surface area contributed by atoms with Crippen LogP contribution in [-0.4, -0.2) is 0 Å². The quantitative estimate of drug-likeness (QED) is 0.529. The van der Waals surface area contributed by atoms with E-state index in [2.05, 4.69) is 0 Å². The summed E-state index contributed by atoms with van der Waals surface area (Å²) in [4.78, 5) is 0. The molecule has 0 amide bonds. The minimum absolute atomic E-state index is 0.131. The van der Waals surface area contributed by atoms with Gasteiger partial charge in [0.05, 0.1) is 10.6 Å². The van der Waals surface area contributed by atoms with Crippen LogP contribution in [-0.2, 0) is 0 Å². The first-order valence-corrected chi connectivity index (χ1v) is 7.03. The first-order valence-electron chi connectivity index (χ1n) is 4.49. The summed E-state index contributed by atoms with van der Waals surface area (Å²) in [6.45, 7) is 0. The maximum Gasteiger partial charge on any atom is 0.361 e. The van der Waals surface area contributed by atoms with Crippen LogP contribution in [0, 0.1) is 13.0 Å². The van der Waals surface area contributed by atoms with E-state index >= 15 is 0 Å². The largest absolute Gasteiger partial charge is 0.361 e. The van der Waals surface area contributed by atoms with Gasteiger partial charge in [-0.15, -0.1) is 0 Å². The number of benzene rings is 2. The van der Waals surface area contributed by atoms with Gasteiger partial charge in [0.15, 0.2) is 0 Å². The van der Waals surface area contributed by atoms with Crippen molar-refractivity contribution in [2.45, 2.75) is 0 Å². The molecule has 0 aromatic heterocycles. The van der Waals surface area contributed by atoms with Gasteiger partial charge in [-0.25, -0.2) is 4.39 Å². The normalized spacial score (nSPS) is 12.4. The molecule has 0 fully saturated rings. The van der Waals surface area contributed by atoms with Gasteiger partial charge < -0.3 is 0 Å². The second-order valence-corrected chi connectivity index (χ2v) is 6.48. The van der Waals surface area contributed by atoms with Gasteiger partial charge in [0, 0.05) is 5.56 Å². The molecule has 1 aliphatic rings. The average Bonchev–Trinajstić information content (AvgIpc) is 2.59. The standard InChI is InChI=1S/C12H6ClFI/c13-8-4-1-3-7-11-9(14)5-2-6-10(11)15-12(7)8/h1-6H/q+1. The van der Waals surface area contributed by atoms with Crippen LogP contribution in [0.4, 0.5) is 4.39 Å². The summed E-state index contributed by atoms with van der Waals surface area (Å²) >= 11 is 5.81. The first kappa shape index (κ1) is 9.60. The third kappa shape index (κ3) is 1.39. The number of rotatable bonds is 0. The highest BCUT2D eigenvalue weighted by atomic mass is 127. The molecular weight excluding hydrogens is 325 g/mol. The highest BCUT2D eigenvalue weighted by Gasteiger charge is 2.37. The van der Waals surface area contributed by atoms with Gasteiger partial charge in [0.25, 0.3) is 0 Å². The van der Waals surface area contributed by atoms with E-state index in [-0.39, 0.29) is 27.0 Å². The third-order valence-corrected chi connectivity index (χ3v) is 6.20. The summed E-state index contributed by atoms with van der Waals surface area (Å²) in [6, 6.07) is 11.0. The van der Waals surface area contributed by atoms with Crippen LogP contribution >= 0.6 is 11.6 Å². The summed E-state index contributed by atoms with van der Waals surface area (Å²) in [6.07, 6.45) is 0. The van der Waals surface area contributed by atoms with Gasteiger partial charge in [-0.3, -0.25) is 0 Å². The molecule has 1 aliphatic heterocycles. The van der Waals surface area contributed by atoms with Crippen LogP contribution in [0.15, 0.2) is 36.4 Å². The molecule has 74 valence electrons. The molecule has 15 heavy (non-hydrogen) atoms. The van der Waals surface area contributed by atoms with E-state index in [1.165, 1.54) is 6.07 Å². The minimum Gasteiger partial charge on any atom is -0.206 e. The van der Waals surface area contributed by atoms with Crippen LogP contribution in [0.3, 0.4) is 0 Å². The Morgan fingerprint density at radius 2 is 1.87 bits per heavy atom. The van der Waals surface area contributed by atoms with E-state index < -0.39 is 0 Å². The first-order chi connectivity index (χ1) is 7.27. The summed E-state index contributed by atoms with van der Waals surface area (Å²) < 4.78 is 16.0. The number of fused-ring (bicyclic) bond motifs is 3. The van der Waals surface area contributed by atoms with Crippen LogP contribution in [0.1, 0.15) is 0 Å². The van der Waals surface area contributed by atoms with Crippen molar-refractivity contribution < 1.29 is 25.6 Å². The molecule has 0 saturated heterocycles. The second-order valence-electron chi connectivity index (χ2n) is 3.29. The van der Waals surface area contributed by atoms with Crippen molar-refractivity contribution in [3.8, 4) is 11.1 Å². The van der Waals surface area contributed by atoms with Crippen LogP contribution in [0.25, 0.3) is 11.1 Å². The highest BCUT2D eigenvalue weighted by molar-refractivity contribution is 6.30. The van der Waals surface area contributed by atoms with E-state index in [0.717, 1.165) is 23.3 Å². The molecule has 3 heteroatoms. The molecule has 0 unspecified atom stereocenters. The van der Waals surface area contributed by atoms with E-state index in [1.54, 1.807) is 6.07 Å². The van der Waals surface area contributed by atoms with Crippen molar-refractivity contribution in [2.75, 3.05) is 0 Å². The van der Waals surface area contributed by atoms with E-state index in [1.807, 2.05) is 24.3 Å². The van der Waals surface area contributed by atoms with Crippen molar-refractivity contribution in [1.29, 1.82) is 0 Å². The molecule has 0 aliphatic carbocycles. The van der Waals surface area contributed by atoms with Crippen molar-refractivity contribution in [2.24, 2.45) is 0 Å². The van der Waals surface area contributed by atoms with E-state index in [9.17, 15) is 4.39 Å². The van der Waals surface area contributed by atoms with Crippen molar-refractivity contribution in [3.05, 3.63) is 54.4 Å². The predicted molar refractivity (Wildman–Crippen MR) is 54.2 cm³/mol. The van der Waals surface area contributed by atoms with Gasteiger partial charge >= 0.3 is 21.2 Å². The maximum atomic E-state index is 13.7. The van der Waals surface area contributed by atoms with Crippen molar-refractivity contribution >= 4 is 11.6 Å². The van der Waals surface area contributed by atoms with Crippen LogP contribution in [0.5, 0.6) is 0 Å². The molecule has 0 bridgehead atoms. The zero-order chi connectivity index (χ0) is 10.4. The molecule has 3 rings (SSSR count). The lowest BCUT2D eigenvalue weighted by atomic mass is 10.1. The second kappa shape index (κ2) is 3.46. The number of hydrogen-bond donors (Lipinski definition) is 0. The minimum atomic E-state index is -0.308. The molecule has 0 nitrogen and oxygen atoms in total. The molecule has 0 atom stereocenters. The Kier molecular flexibility index (Phi) is 2.21. The summed E-state index contributed by atoms with van der Waals surface area (Å²) in [5, 5.41) is 0.774. The Morgan fingerprint density at radius 3 is 2.73 bits per heavy atom. The van der Waals surface area contributed by atoms with E-state index in [0.29, 0.717) is 0 Å². The van der Waals surface area contributed by atoms with Gasteiger partial charge in [-0.2, -0.15) is 0 Å². The number of halogens is 3. The number of hydrogen-bond acceptors (Lipinski definition) is 0. The van der Waals surface area contributed by atoms with Gasteiger partial charge in [0.2, 0.25) is 7.14 Å². The lowest BCUT2D eigenvalue weighted by Crippen LogP contribution is -3.61. The maximum absolute atomic E-state index is 13.7. The third-order valence-electron chi connectivity index (χ3n) is 2.38. The van der Waals surface area contributed by atoms with Gasteiger partial charge in [-0.1, -0.05) is 23.7 Å². The molecule has 1 heterocycles. The van der Waals surface area contributed by atoms with Crippen LogP contribution < -0.4 is 21.2 Å². The Bertz CT molecular complexity index is 551. The molecule has 2 aromatic rings. The predicted octanol–water partition coefficient (Wildman–Crippen LogP) is 0.588. The zero-order valence-corrected chi connectivity index (χ0v) is 10.5. The molecule has 0 saturated carbocycles. The average molecular weight is 332 g/mol. The topological polar surface area (TPSA) is 0 Å². The fourth-order valence-electron chi connectivity index (χ4n) is 1.73. The summed E-state index contributed by atoms with van der Waals surface area (Å²) in [5.41, 5.74) is 1.76. The van der Waals surface area contributed by atoms with Crippen LogP contribution in [0.2, 0.25) is 5.02 Å². The monoisotopic (exact) mass is 331 g/mol. The van der Waals surface area contributed by atoms with E-state index in [4.69, 9.17) is 11.6 Å². The van der Waals surface area contributed by atoms with Gasteiger partial charge in [-0.05, 0) is 24.3 Å².